The topological polar surface area (TPSA) is 70.2 Å². The van der Waals surface area contributed by atoms with Gasteiger partial charge >= 0.3 is 6.30 Å². The summed E-state index contributed by atoms with van der Waals surface area (Å²) in [4.78, 5) is 16.4. The van der Waals surface area contributed by atoms with Crippen LogP contribution in [0.2, 0.25) is 0 Å². The second kappa shape index (κ2) is 7.01. The number of halogens is 3. The minimum Gasteiger partial charge on any atom is -0.494 e. The molecule has 4 aromatic rings. The Morgan fingerprint density at radius 2 is 1.83 bits per heavy atom. The zero-order valence-corrected chi connectivity index (χ0v) is 16.2. The number of aryl methyl sites for hydroxylation is 1. The Labute approximate surface area is 168 Å². The lowest BCUT2D eigenvalue weighted by Gasteiger charge is -2.12. The number of carbonyl (C=O) groups is 1. The van der Waals surface area contributed by atoms with Crippen molar-refractivity contribution >= 4 is 16.9 Å². The normalized spacial score (nSPS) is 11.8. The Hall–Kier alpha value is -3.62. The van der Waals surface area contributed by atoms with Crippen molar-refractivity contribution in [2.45, 2.75) is 20.1 Å². The number of fused-ring (bicyclic) bond motifs is 1. The van der Waals surface area contributed by atoms with E-state index in [2.05, 4.69) is 10.1 Å². The number of methoxy groups -OCH3 is 1. The Bertz CT molecular complexity index is 1270. The van der Waals surface area contributed by atoms with Gasteiger partial charge in [-0.2, -0.15) is 9.78 Å². The highest BCUT2D eigenvalue weighted by Gasteiger charge is 2.35. The predicted molar refractivity (Wildman–Crippen MR) is 103 cm³/mol. The molecule has 0 saturated carbocycles. The van der Waals surface area contributed by atoms with E-state index in [9.17, 15) is 18.0 Å². The molecule has 0 aliphatic rings. The minimum absolute atomic E-state index is 0.0192. The number of nitrogens with zero attached hydrogens (tertiary/aromatic N) is 3. The number of alkyl halides is 3. The SMILES string of the molecule is COc1ccc(C(C)=O)c2oc(-c3ccccc3-c3cc(C)nn3C(F)(F)F)nc12. The molecule has 0 aliphatic carbocycles. The van der Waals surface area contributed by atoms with Gasteiger partial charge in [-0.05, 0) is 38.1 Å². The first kappa shape index (κ1) is 19.7. The molecule has 0 N–H and O–H groups in total. The van der Waals surface area contributed by atoms with Gasteiger partial charge in [-0.3, -0.25) is 4.79 Å². The van der Waals surface area contributed by atoms with Gasteiger partial charge in [0.1, 0.15) is 5.75 Å². The van der Waals surface area contributed by atoms with Gasteiger partial charge in [-0.15, -0.1) is 13.2 Å². The van der Waals surface area contributed by atoms with Crippen LogP contribution in [0.15, 0.2) is 46.9 Å². The first-order valence-corrected chi connectivity index (χ1v) is 8.93. The van der Waals surface area contributed by atoms with Crippen LogP contribution in [0.1, 0.15) is 23.0 Å². The number of hydrogen-bond donors (Lipinski definition) is 0. The maximum absolute atomic E-state index is 13.5. The van der Waals surface area contributed by atoms with E-state index in [-0.39, 0.29) is 38.9 Å². The first-order chi connectivity index (χ1) is 14.2. The van der Waals surface area contributed by atoms with E-state index in [1.54, 1.807) is 30.3 Å². The van der Waals surface area contributed by atoms with E-state index in [0.29, 0.717) is 22.4 Å². The summed E-state index contributed by atoms with van der Waals surface area (Å²) in [7, 11) is 1.45. The molecule has 6 nitrogen and oxygen atoms in total. The van der Waals surface area contributed by atoms with Gasteiger partial charge in [0.25, 0.3) is 0 Å². The van der Waals surface area contributed by atoms with Gasteiger partial charge in [0.2, 0.25) is 5.89 Å². The number of benzene rings is 2. The molecule has 0 amide bonds. The summed E-state index contributed by atoms with van der Waals surface area (Å²) < 4.78 is 51.7. The average molecular weight is 415 g/mol. The molecule has 0 spiro atoms. The van der Waals surface area contributed by atoms with Gasteiger partial charge in [-0.25, -0.2) is 4.98 Å². The highest BCUT2D eigenvalue weighted by atomic mass is 19.4. The fraction of sp³-hybridized carbons (Fsp3) is 0.190. The standard InChI is InChI=1S/C21H16F3N3O3/c1-11-10-16(27(26-11)21(22,23)24)14-6-4-5-7-15(14)20-25-18-17(29-3)9-8-13(12(2)28)19(18)30-20/h4-10H,1-3H3. The lowest BCUT2D eigenvalue weighted by atomic mass is 10.0. The molecule has 30 heavy (non-hydrogen) atoms. The molecule has 0 radical (unpaired) electrons. The second-order valence-electron chi connectivity index (χ2n) is 6.66. The maximum Gasteiger partial charge on any atom is 0.505 e. The van der Waals surface area contributed by atoms with Gasteiger partial charge in [-0.1, -0.05) is 18.2 Å². The van der Waals surface area contributed by atoms with Crippen molar-refractivity contribution < 1.29 is 27.1 Å². The van der Waals surface area contributed by atoms with Crippen LogP contribution in [0, 0.1) is 6.92 Å². The third kappa shape index (κ3) is 3.22. The van der Waals surface area contributed by atoms with Crippen LogP contribution in [0.5, 0.6) is 5.75 Å². The van der Waals surface area contributed by atoms with Crippen LogP contribution in [-0.4, -0.2) is 27.7 Å². The zero-order chi connectivity index (χ0) is 21.6. The average Bonchev–Trinajstić information content (AvgIpc) is 3.30. The fourth-order valence-electron chi connectivity index (χ4n) is 3.32. The smallest absolute Gasteiger partial charge is 0.494 e. The lowest BCUT2D eigenvalue weighted by Crippen LogP contribution is -2.19. The molecule has 0 bridgehead atoms. The molecular formula is C21H16F3N3O3. The van der Waals surface area contributed by atoms with Crippen molar-refractivity contribution in [3.63, 3.8) is 0 Å². The molecule has 2 aromatic carbocycles. The van der Waals surface area contributed by atoms with Gasteiger partial charge in [0.05, 0.1) is 24.1 Å². The minimum atomic E-state index is -4.69. The number of hydrogen-bond acceptors (Lipinski definition) is 5. The summed E-state index contributed by atoms with van der Waals surface area (Å²) in [6, 6.07) is 10.9. The van der Waals surface area contributed by atoms with Gasteiger partial charge in [0, 0.05) is 11.1 Å². The van der Waals surface area contributed by atoms with Crippen molar-refractivity contribution in [1.82, 2.24) is 14.8 Å². The zero-order valence-electron chi connectivity index (χ0n) is 16.2. The highest BCUT2D eigenvalue weighted by Crippen LogP contribution is 2.38. The molecule has 0 aliphatic heterocycles. The second-order valence-corrected chi connectivity index (χ2v) is 6.66. The molecular weight excluding hydrogens is 399 g/mol. The number of carbonyl (C=O) groups excluding carboxylic acids is 1. The molecule has 0 fully saturated rings. The van der Waals surface area contributed by atoms with E-state index in [1.807, 2.05) is 0 Å². The molecule has 154 valence electrons. The molecule has 4 rings (SSSR count). The highest BCUT2D eigenvalue weighted by molar-refractivity contribution is 6.06. The van der Waals surface area contributed by atoms with E-state index >= 15 is 0 Å². The molecule has 2 aromatic heterocycles. The third-order valence-corrected chi connectivity index (χ3v) is 4.61. The van der Waals surface area contributed by atoms with E-state index < -0.39 is 6.30 Å². The van der Waals surface area contributed by atoms with E-state index in [1.165, 1.54) is 33.1 Å². The number of ether oxygens (including phenoxy) is 1. The molecule has 0 unspecified atom stereocenters. The van der Waals surface area contributed by atoms with Crippen LogP contribution in [0.4, 0.5) is 13.2 Å². The lowest BCUT2D eigenvalue weighted by molar-refractivity contribution is -0.211. The first-order valence-electron chi connectivity index (χ1n) is 8.93. The number of rotatable bonds is 4. The number of oxazole rings is 1. The summed E-state index contributed by atoms with van der Waals surface area (Å²) in [6.45, 7) is 2.87. The van der Waals surface area contributed by atoms with Crippen LogP contribution in [0.3, 0.4) is 0 Å². The van der Waals surface area contributed by atoms with Crippen molar-refractivity contribution in [3.05, 3.63) is 53.7 Å². The predicted octanol–water partition coefficient (Wildman–Crippen LogP) is 5.35. The van der Waals surface area contributed by atoms with Crippen LogP contribution >= 0.6 is 0 Å². The Morgan fingerprint density at radius 1 is 1.13 bits per heavy atom. The van der Waals surface area contributed by atoms with Crippen LogP contribution in [-0.2, 0) is 6.30 Å². The third-order valence-electron chi connectivity index (χ3n) is 4.61. The van der Waals surface area contributed by atoms with Crippen molar-refractivity contribution in [2.75, 3.05) is 7.11 Å². The fourth-order valence-corrected chi connectivity index (χ4v) is 3.32. The summed E-state index contributed by atoms with van der Waals surface area (Å²) in [6.07, 6.45) is -4.69. The number of Topliss-reactive ketones (excluding diaryl/α,β-unsaturated/α-hetero) is 1. The quantitative estimate of drug-likeness (QED) is 0.420. The van der Waals surface area contributed by atoms with Crippen molar-refractivity contribution in [1.29, 1.82) is 0 Å². The maximum atomic E-state index is 13.5. The summed E-state index contributed by atoms with van der Waals surface area (Å²) in [5, 5.41) is 3.58. The van der Waals surface area contributed by atoms with Gasteiger partial charge < -0.3 is 9.15 Å². The van der Waals surface area contributed by atoms with E-state index in [4.69, 9.17) is 9.15 Å². The van der Waals surface area contributed by atoms with Crippen LogP contribution in [0.25, 0.3) is 33.8 Å². The Balaban J connectivity index is 1.98. The van der Waals surface area contributed by atoms with Gasteiger partial charge in [0.15, 0.2) is 16.9 Å². The molecule has 0 atom stereocenters. The molecule has 9 heteroatoms. The molecule has 2 heterocycles. The Kier molecular flexibility index (Phi) is 4.60. The van der Waals surface area contributed by atoms with Crippen LogP contribution < -0.4 is 4.74 Å². The monoisotopic (exact) mass is 415 g/mol. The summed E-state index contributed by atoms with van der Waals surface area (Å²) in [5.41, 5.74) is 1.48. The van der Waals surface area contributed by atoms with Crippen molar-refractivity contribution in [3.8, 4) is 28.5 Å². The Morgan fingerprint density at radius 3 is 2.47 bits per heavy atom. The number of ketones is 1. The number of aromatic nitrogens is 3. The summed E-state index contributed by atoms with van der Waals surface area (Å²) in [5.74, 6) is 0.225. The van der Waals surface area contributed by atoms with E-state index in [0.717, 1.165) is 0 Å². The molecule has 0 saturated heterocycles. The summed E-state index contributed by atoms with van der Waals surface area (Å²) >= 11 is 0. The van der Waals surface area contributed by atoms with Crippen molar-refractivity contribution in [2.24, 2.45) is 0 Å². The largest absolute Gasteiger partial charge is 0.505 e.